The maximum atomic E-state index is 13.6. The lowest BCUT2D eigenvalue weighted by Crippen LogP contribution is -2.41. The van der Waals surface area contributed by atoms with E-state index in [1.807, 2.05) is 91.5 Å². The summed E-state index contributed by atoms with van der Waals surface area (Å²) < 4.78 is 11.8. The summed E-state index contributed by atoms with van der Waals surface area (Å²) in [6.07, 6.45) is 1.13. The number of benzene rings is 3. The van der Waals surface area contributed by atoms with Gasteiger partial charge in [0.25, 0.3) is 0 Å². The Morgan fingerprint density at radius 2 is 1.77 bits per heavy atom. The molecular weight excluding hydrogens is 440 g/mol. The summed E-state index contributed by atoms with van der Waals surface area (Å²) in [5.74, 6) is 1.27. The molecule has 2 unspecified atom stereocenters. The van der Waals surface area contributed by atoms with Gasteiger partial charge in [-0.25, -0.2) is 0 Å². The molecule has 0 saturated heterocycles. The molecular formula is C29H34N2O4. The third kappa shape index (κ3) is 4.84. The second-order valence-corrected chi connectivity index (χ2v) is 9.15. The zero-order chi connectivity index (χ0) is 25.1. The Morgan fingerprint density at radius 3 is 2.40 bits per heavy atom. The average Bonchev–Trinajstić information content (AvgIpc) is 2.87. The minimum absolute atomic E-state index is 0.00880. The average molecular weight is 475 g/mol. The Bertz CT molecular complexity index is 1190. The van der Waals surface area contributed by atoms with Crippen LogP contribution in [0.4, 0.5) is 11.4 Å². The van der Waals surface area contributed by atoms with Crippen LogP contribution in [0.25, 0.3) is 0 Å². The van der Waals surface area contributed by atoms with Crippen molar-refractivity contribution in [3.63, 3.8) is 0 Å². The highest BCUT2D eigenvalue weighted by molar-refractivity contribution is 5.98. The molecule has 3 aromatic rings. The molecule has 2 atom stereocenters. The normalized spacial score (nSPS) is 16.0. The van der Waals surface area contributed by atoms with Crippen molar-refractivity contribution in [1.29, 1.82) is 0 Å². The fraction of sp³-hybridized carbons (Fsp3) is 0.345. The number of hydrogen-bond acceptors (Lipinski definition) is 5. The van der Waals surface area contributed by atoms with Crippen LogP contribution in [-0.2, 0) is 17.8 Å². The van der Waals surface area contributed by atoms with Crippen molar-refractivity contribution in [1.82, 2.24) is 0 Å². The molecule has 35 heavy (non-hydrogen) atoms. The van der Waals surface area contributed by atoms with E-state index >= 15 is 0 Å². The monoisotopic (exact) mass is 474 g/mol. The standard InChI is InChI=1S/C29H34N2O4/c1-6-19(2)35-27-17-25-21(15-26(27)34-5)16-28(33)31(23-13-11-22(12-14-23)30(3)4)29(25)24-10-8-7-9-20(24)18-32/h7-15,17,19,29,32H,6,16,18H2,1-5H3. The van der Waals surface area contributed by atoms with Crippen molar-refractivity contribution in [2.75, 3.05) is 31.0 Å². The van der Waals surface area contributed by atoms with Gasteiger partial charge in [0, 0.05) is 25.5 Å². The fourth-order valence-electron chi connectivity index (χ4n) is 4.56. The maximum Gasteiger partial charge on any atom is 0.232 e. The Morgan fingerprint density at radius 1 is 1.06 bits per heavy atom. The minimum atomic E-state index is -0.412. The number of carbonyl (C=O) groups excluding carboxylic acids is 1. The number of fused-ring (bicyclic) bond motifs is 1. The SMILES string of the molecule is CCC(C)Oc1cc2c(cc1OC)CC(=O)N(c1ccc(N(C)C)cc1)C2c1ccccc1CO. The number of amides is 1. The first-order valence-corrected chi connectivity index (χ1v) is 12.0. The molecule has 6 heteroatoms. The molecule has 0 saturated carbocycles. The van der Waals surface area contributed by atoms with Crippen LogP contribution in [0.3, 0.4) is 0 Å². The highest BCUT2D eigenvalue weighted by Crippen LogP contribution is 2.44. The molecule has 4 rings (SSSR count). The molecule has 6 nitrogen and oxygen atoms in total. The van der Waals surface area contributed by atoms with Gasteiger partial charge < -0.3 is 24.4 Å². The number of methoxy groups -OCH3 is 1. The van der Waals surface area contributed by atoms with E-state index in [-0.39, 0.29) is 25.0 Å². The van der Waals surface area contributed by atoms with E-state index in [0.717, 1.165) is 40.0 Å². The van der Waals surface area contributed by atoms with Gasteiger partial charge in [-0.3, -0.25) is 4.79 Å². The molecule has 1 aliphatic rings. The number of hydrogen-bond donors (Lipinski definition) is 1. The summed E-state index contributed by atoms with van der Waals surface area (Å²) in [5, 5.41) is 10.2. The lowest BCUT2D eigenvalue weighted by atomic mass is 9.85. The lowest BCUT2D eigenvalue weighted by molar-refractivity contribution is -0.118. The third-order valence-corrected chi connectivity index (χ3v) is 6.66. The van der Waals surface area contributed by atoms with Crippen LogP contribution in [0.2, 0.25) is 0 Å². The van der Waals surface area contributed by atoms with Crippen molar-refractivity contribution < 1.29 is 19.4 Å². The largest absolute Gasteiger partial charge is 0.493 e. The number of aliphatic hydroxyl groups is 1. The van der Waals surface area contributed by atoms with E-state index in [2.05, 4.69) is 6.92 Å². The molecule has 0 spiro atoms. The first-order valence-electron chi connectivity index (χ1n) is 12.0. The topological polar surface area (TPSA) is 62.2 Å². The van der Waals surface area contributed by atoms with E-state index in [4.69, 9.17) is 9.47 Å². The van der Waals surface area contributed by atoms with Gasteiger partial charge in [0.2, 0.25) is 5.91 Å². The van der Waals surface area contributed by atoms with Gasteiger partial charge in [-0.2, -0.15) is 0 Å². The quantitative estimate of drug-likeness (QED) is 0.492. The van der Waals surface area contributed by atoms with Gasteiger partial charge in [0.1, 0.15) is 0 Å². The van der Waals surface area contributed by atoms with Gasteiger partial charge >= 0.3 is 0 Å². The van der Waals surface area contributed by atoms with Crippen molar-refractivity contribution in [2.24, 2.45) is 0 Å². The van der Waals surface area contributed by atoms with Gasteiger partial charge in [0.15, 0.2) is 11.5 Å². The Balaban J connectivity index is 1.92. The number of carbonyl (C=O) groups is 1. The van der Waals surface area contributed by atoms with Crippen molar-refractivity contribution >= 4 is 17.3 Å². The molecule has 184 valence electrons. The molecule has 0 aromatic heterocycles. The summed E-state index contributed by atoms with van der Waals surface area (Å²) in [5.41, 5.74) is 5.42. The maximum absolute atomic E-state index is 13.6. The van der Waals surface area contributed by atoms with E-state index in [1.165, 1.54) is 0 Å². The molecule has 0 radical (unpaired) electrons. The first-order chi connectivity index (χ1) is 16.9. The van der Waals surface area contributed by atoms with Crippen molar-refractivity contribution in [2.45, 2.75) is 45.4 Å². The van der Waals surface area contributed by atoms with Crippen LogP contribution in [-0.4, -0.2) is 38.3 Å². The Kier molecular flexibility index (Phi) is 7.31. The van der Waals surface area contributed by atoms with Gasteiger partial charge in [-0.15, -0.1) is 0 Å². The fourth-order valence-corrected chi connectivity index (χ4v) is 4.56. The zero-order valence-corrected chi connectivity index (χ0v) is 21.1. The van der Waals surface area contributed by atoms with Crippen LogP contribution in [0.5, 0.6) is 11.5 Å². The number of rotatable bonds is 8. The molecule has 1 heterocycles. The summed E-state index contributed by atoms with van der Waals surface area (Å²) >= 11 is 0. The van der Waals surface area contributed by atoms with Crippen LogP contribution in [0.15, 0.2) is 60.7 Å². The van der Waals surface area contributed by atoms with Gasteiger partial charge in [-0.1, -0.05) is 31.2 Å². The number of aliphatic hydroxyl groups excluding tert-OH is 1. The molecule has 0 fully saturated rings. The molecule has 0 aliphatic carbocycles. The Hall–Kier alpha value is -3.51. The lowest BCUT2D eigenvalue weighted by Gasteiger charge is -2.39. The zero-order valence-electron chi connectivity index (χ0n) is 21.1. The molecule has 1 aliphatic heterocycles. The Labute approximate surface area is 207 Å². The highest BCUT2D eigenvalue weighted by atomic mass is 16.5. The number of anilines is 2. The summed E-state index contributed by atoms with van der Waals surface area (Å²) in [4.78, 5) is 17.5. The van der Waals surface area contributed by atoms with E-state index in [0.29, 0.717) is 11.5 Å². The van der Waals surface area contributed by atoms with E-state index in [9.17, 15) is 9.90 Å². The first kappa shape index (κ1) is 24.6. The van der Waals surface area contributed by atoms with Crippen molar-refractivity contribution in [3.8, 4) is 11.5 Å². The molecule has 0 bridgehead atoms. The van der Waals surface area contributed by atoms with E-state index < -0.39 is 6.04 Å². The highest BCUT2D eigenvalue weighted by Gasteiger charge is 2.37. The second kappa shape index (κ2) is 10.4. The molecule has 1 N–H and O–H groups in total. The van der Waals surface area contributed by atoms with Gasteiger partial charge in [0.05, 0.1) is 32.3 Å². The summed E-state index contributed by atoms with van der Waals surface area (Å²) in [6.45, 7) is 3.99. The van der Waals surface area contributed by atoms with Crippen molar-refractivity contribution in [3.05, 3.63) is 82.9 Å². The predicted molar refractivity (Wildman–Crippen MR) is 140 cm³/mol. The van der Waals surface area contributed by atoms with Gasteiger partial charge in [-0.05, 0) is 72.0 Å². The summed E-state index contributed by atoms with van der Waals surface area (Å²) in [6, 6.07) is 19.2. The second-order valence-electron chi connectivity index (χ2n) is 9.15. The number of ether oxygens (including phenoxy) is 2. The van der Waals surface area contributed by atoms with Crippen LogP contribution in [0, 0.1) is 0 Å². The molecule has 3 aromatic carbocycles. The molecule has 1 amide bonds. The summed E-state index contributed by atoms with van der Waals surface area (Å²) in [7, 11) is 5.60. The number of nitrogens with zero attached hydrogens (tertiary/aromatic N) is 2. The predicted octanol–water partition coefficient (Wildman–Crippen LogP) is 5.11. The minimum Gasteiger partial charge on any atom is -0.493 e. The smallest absolute Gasteiger partial charge is 0.232 e. The van der Waals surface area contributed by atoms with E-state index in [1.54, 1.807) is 7.11 Å². The third-order valence-electron chi connectivity index (χ3n) is 6.66. The van der Waals surface area contributed by atoms with Crippen LogP contribution >= 0.6 is 0 Å². The van der Waals surface area contributed by atoms with Crippen LogP contribution in [0.1, 0.15) is 48.6 Å². The van der Waals surface area contributed by atoms with Crippen LogP contribution < -0.4 is 19.3 Å².